The number of carbonyl (C=O) groups is 1. The first-order valence-electron chi connectivity index (χ1n) is 6.08. The highest BCUT2D eigenvalue weighted by Crippen LogP contribution is 2.30. The molecule has 0 bridgehead atoms. The highest BCUT2D eigenvalue weighted by molar-refractivity contribution is 5.75. The molecule has 0 aliphatic heterocycles. The summed E-state index contributed by atoms with van der Waals surface area (Å²) in [6.45, 7) is 5.07. The number of aromatic amines is 1. The molecule has 0 fully saturated rings. The minimum absolute atomic E-state index is 0.00818. The van der Waals surface area contributed by atoms with Crippen LogP contribution in [0.3, 0.4) is 0 Å². The Morgan fingerprint density at radius 1 is 1.45 bits per heavy atom. The average molecular weight is 293 g/mol. The van der Waals surface area contributed by atoms with Gasteiger partial charge in [0.05, 0.1) is 6.20 Å². The summed E-state index contributed by atoms with van der Waals surface area (Å²) in [5, 5.41) is 5.27. The third-order valence-electron chi connectivity index (χ3n) is 2.44. The van der Waals surface area contributed by atoms with Gasteiger partial charge < -0.3 is 10.5 Å². The Morgan fingerprint density at radius 2 is 2.05 bits per heavy atom. The first-order chi connectivity index (χ1) is 9.00. The number of nitrogens with one attached hydrogen (secondary N) is 1. The van der Waals surface area contributed by atoms with E-state index in [1.807, 2.05) is 5.10 Å². The fraction of sp³-hybridized carbons (Fsp3) is 0.667. The van der Waals surface area contributed by atoms with Crippen LogP contribution in [0.25, 0.3) is 0 Å². The molecule has 1 aromatic rings. The summed E-state index contributed by atoms with van der Waals surface area (Å²) in [6.07, 6.45) is -3.37. The van der Waals surface area contributed by atoms with Gasteiger partial charge in [-0.3, -0.25) is 9.89 Å². The predicted octanol–water partition coefficient (Wildman–Crippen LogP) is 2.03. The molecule has 1 aromatic heterocycles. The maximum Gasteiger partial charge on any atom is 0.433 e. The quantitative estimate of drug-likeness (QED) is 0.832. The van der Waals surface area contributed by atoms with Gasteiger partial charge in [-0.2, -0.15) is 18.3 Å². The molecule has 1 heterocycles. The van der Waals surface area contributed by atoms with Crippen molar-refractivity contribution in [1.29, 1.82) is 0 Å². The van der Waals surface area contributed by atoms with Gasteiger partial charge in [0.2, 0.25) is 0 Å². The number of rotatable bonds is 4. The zero-order valence-electron chi connectivity index (χ0n) is 11.5. The Balaban J connectivity index is 2.60. The van der Waals surface area contributed by atoms with Crippen LogP contribution in [0.4, 0.5) is 13.2 Å². The molecule has 0 aromatic carbocycles. The second-order valence-corrected chi connectivity index (χ2v) is 5.45. The number of esters is 1. The van der Waals surface area contributed by atoms with E-state index in [-0.39, 0.29) is 18.4 Å². The normalized spacial score (nSPS) is 14.2. The molecule has 0 saturated heterocycles. The van der Waals surface area contributed by atoms with Gasteiger partial charge in [0.15, 0.2) is 0 Å². The maximum atomic E-state index is 12.6. The summed E-state index contributed by atoms with van der Waals surface area (Å²) < 4.78 is 42.8. The highest BCUT2D eigenvalue weighted by atomic mass is 19.4. The van der Waals surface area contributed by atoms with Gasteiger partial charge in [0.1, 0.15) is 17.3 Å². The van der Waals surface area contributed by atoms with Gasteiger partial charge >= 0.3 is 12.1 Å². The molecular weight excluding hydrogens is 275 g/mol. The number of ether oxygens (including phenoxy) is 1. The van der Waals surface area contributed by atoms with Crippen LogP contribution in [0.1, 0.15) is 38.4 Å². The Bertz CT molecular complexity index is 463. The topological polar surface area (TPSA) is 81.0 Å². The molecule has 114 valence electrons. The van der Waals surface area contributed by atoms with E-state index in [9.17, 15) is 18.0 Å². The lowest BCUT2D eigenvalue weighted by Crippen LogP contribution is -2.37. The molecule has 0 spiro atoms. The highest BCUT2D eigenvalue weighted by Gasteiger charge is 2.35. The van der Waals surface area contributed by atoms with Crippen molar-refractivity contribution in [2.24, 2.45) is 5.73 Å². The minimum atomic E-state index is -4.50. The molecule has 5 nitrogen and oxygen atoms in total. The largest absolute Gasteiger partial charge is 0.459 e. The minimum Gasteiger partial charge on any atom is -0.459 e. The van der Waals surface area contributed by atoms with Gasteiger partial charge in [0.25, 0.3) is 0 Å². The zero-order valence-corrected chi connectivity index (χ0v) is 11.5. The van der Waals surface area contributed by atoms with Gasteiger partial charge in [-0.1, -0.05) is 0 Å². The Hall–Kier alpha value is -1.57. The van der Waals surface area contributed by atoms with Crippen molar-refractivity contribution in [3.8, 4) is 0 Å². The summed E-state index contributed by atoms with van der Waals surface area (Å²) in [6, 6.07) is -0.967. The van der Waals surface area contributed by atoms with Crippen molar-refractivity contribution >= 4 is 5.97 Å². The van der Waals surface area contributed by atoms with Crippen molar-refractivity contribution in [3.05, 3.63) is 17.5 Å². The summed E-state index contributed by atoms with van der Waals surface area (Å²) in [7, 11) is 0. The number of halogens is 3. The molecular formula is C12H18F3N3O2. The third-order valence-corrected chi connectivity index (χ3v) is 2.44. The molecule has 0 aliphatic rings. The van der Waals surface area contributed by atoms with Crippen molar-refractivity contribution in [1.82, 2.24) is 10.2 Å². The van der Waals surface area contributed by atoms with E-state index in [0.717, 1.165) is 6.20 Å². The molecule has 1 rings (SSSR count). The van der Waals surface area contributed by atoms with Crippen molar-refractivity contribution in [3.63, 3.8) is 0 Å². The van der Waals surface area contributed by atoms with E-state index in [1.165, 1.54) is 0 Å². The smallest absolute Gasteiger partial charge is 0.433 e. The van der Waals surface area contributed by atoms with E-state index in [1.54, 1.807) is 20.8 Å². The SMILES string of the molecule is CC(C)(C)OC(=O)C(N)CCc1cn[nH]c1C(F)(F)F. The van der Waals surface area contributed by atoms with E-state index in [2.05, 4.69) is 5.10 Å². The number of aryl methyl sites for hydroxylation is 1. The van der Waals surface area contributed by atoms with E-state index in [4.69, 9.17) is 10.5 Å². The number of carbonyl (C=O) groups excluding carboxylic acids is 1. The molecule has 8 heteroatoms. The van der Waals surface area contributed by atoms with Gasteiger partial charge in [-0.25, -0.2) is 0 Å². The summed E-state index contributed by atoms with van der Waals surface area (Å²) in [5.74, 6) is -0.630. The van der Waals surface area contributed by atoms with E-state index < -0.39 is 29.5 Å². The van der Waals surface area contributed by atoms with Gasteiger partial charge in [0, 0.05) is 5.56 Å². The number of alkyl halides is 3. The molecule has 1 atom stereocenters. The van der Waals surface area contributed by atoms with E-state index in [0.29, 0.717) is 0 Å². The van der Waals surface area contributed by atoms with Crippen LogP contribution >= 0.6 is 0 Å². The van der Waals surface area contributed by atoms with Gasteiger partial charge in [-0.15, -0.1) is 0 Å². The fourth-order valence-electron chi connectivity index (χ4n) is 1.55. The van der Waals surface area contributed by atoms with Crippen LogP contribution in [0.15, 0.2) is 6.20 Å². The standard InChI is InChI=1S/C12H18F3N3O2/c1-11(2,3)20-10(19)8(16)5-4-7-6-17-18-9(7)12(13,14)15/h6,8H,4-5,16H2,1-3H3,(H,17,18). The fourth-order valence-corrected chi connectivity index (χ4v) is 1.55. The summed E-state index contributed by atoms with van der Waals surface area (Å²) in [5.41, 5.74) is 4.01. The molecule has 20 heavy (non-hydrogen) atoms. The van der Waals surface area contributed by atoms with Crippen LogP contribution in [0.2, 0.25) is 0 Å². The van der Waals surface area contributed by atoms with Crippen molar-refractivity contribution in [2.45, 2.75) is 51.4 Å². The third kappa shape index (κ3) is 4.84. The first-order valence-corrected chi connectivity index (χ1v) is 6.08. The van der Waals surface area contributed by atoms with Crippen LogP contribution in [0.5, 0.6) is 0 Å². The summed E-state index contributed by atoms with van der Waals surface area (Å²) >= 11 is 0. The van der Waals surface area contributed by atoms with Crippen LogP contribution < -0.4 is 5.73 Å². The van der Waals surface area contributed by atoms with E-state index >= 15 is 0 Å². The number of aromatic nitrogens is 2. The molecule has 0 amide bonds. The molecule has 1 unspecified atom stereocenters. The molecule has 0 aliphatic carbocycles. The Kier molecular flexibility index (Phi) is 4.80. The monoisotopic (exact) mass is 293 g/mol. The van der Waals surface area contributed by atoms with Crippen LogP contribution in [0, 0.1) is 0 Å². The average Bonchev–Trinajstić information content (AvgIpc) is 2.70. The number of hydrogen-bond donors (Lipinski definition) is 2. The molecule has 0 radical (unpaired) electrons. The number of hydrogen-bond acceptors (Lipinski definition) is 4. The first kappa shape index (κ1) is 16.5. The zero-order chi connectivity index (χ0) is 15.6. The number of H-pyrrole nitrogens is 1. The lowest BCUT2D eigenvalue weighted by Gasteiger charge is -2.22. The van der Waals surface area contributed by atoms with Crippen molar-refractivity contribution < 1.29 is 22.7 Å². The number of nitrogens with zero attached hydrogens (tertiary/aromatic N) is 1. The van der Waals surface area contributed by atoms with Crippen LogP contribution in [-0.2, 0) is 22.1 Å². The Labute approximate surface area is 114 Å². The number of nitrogens with two attached hydrogens (primary N) is 1. The lowest BCUT2D eigenvalue weighted by molar-refractivity contribution is -0.156. The van der Waals surface area contributed by atoms with Crippen molar-refractivity contribution in [2.75, 3.05) is 0 Å². The summed E-state index contributed by atoms with van der Waals surface area (Å²) in [4.78, 5) is 11.6. The van der Waals surface area contributed by atoms with Crippen LogP contribution in [-0.4, -0.2) is 27.8 Å². The molecule has 3 N–H and O–H groups in total. The predicted molar refractivity (Wildman–Crippen MR) is 65.7 cm³/mol. The maximum absolute atomic E-state index is 12.6. The lowest BCUT2D eigenvalue weighted by atomic mass is 10.1. The van der Waals surface area contributed by atoms with Gasteiger partial charge in [-0.05, 0) is 33.6 Å². The molecule has 0 saturated carbocycles. The second kappa shape index (κ2) is 5.82. The Morgan fingerprint density at radius 3 is 2.55 bits per heavy atom. The second-order valence-electron chi connectivity index (χ2n) is 5.45.